The third-order valence-electron chi connectivity index (χ3n) is 3.87. The largest absolute Gasteiger partial charge is 0.334 e. The Morgan fingerprint density at radius 1 is 1.08 bits per heavy atom. The van der Waals surface area contributed by atoms with Crippen LogP contribution in [-0.2, 0) is 6.67 Å². The smallest absolute Gasteiger partial charge is 0.271 e. The van der Waals surface area contributed by atoms with Crippen molar-refractivity contribution in [2.45, 2.75) is 6.67 Å². The van der Waals surface area contributed by atoms with Crippen LogP contribution in [0.5, 0.6) is 0 Å². The quantitative estimate of drug-likeness (QED) is 0.708. The maximum absolute atomic E-state index is 12.7. The summed E-state index contributed by atoms with van der Waals surface area (Å²) in [6.45, 7) is 1.03. The molecule has 0 saturated carbocycles. The summed E-state index contributed by atoms with van der Waals surface area (Å²) < 4.78 is 2.43. The highest BCUT2D eigenvalue weighted by molar-refractivity contribution is 7.07. The number of nitrogens with zero attached hydrogens (tertiary/aromatic N) is 3. The van der Waals surface area contributed by atoms with E-state index in [0.717, 1.165) is 16.1 Å². The fourth-order valence-electron chi connectivity index (χ4n) is 2.63. The van der Waals surface area contributed by atoms with Gasteiger partial charge in [-0.15, -0.1) is 0 Å². The molecule has 1 aromatic heterocycles. The van der Waals surface area contributed by atoms with Crippen molar-refractivity contribution in [3.63, 3.8) is 0 Å². The van der Waals surface area contributed by atoms with Gasteiger partial charge in [-0.1, -0.05) is 53.3 Å². The number of hydrogen-bond donors (Lipinski definition) is 0. The van der Waals surface area contributed by atoms with Gasteiger partial charge in [0.1, 0.15) is 13.3 Å². The molecule has 0 amide bonds. The number of hydrogen-bond acceptors (Lipinski definition) is 4. The molecule has 4 nitrogen and oxygen atoms in total. The van der Waals surface area contributed by atoms with E-state index in [2.05, 4.69) is 4.99 Å². The molecular weight excluding hydrogens is 342 g/mol. The monoisotopic (exact) mass is 355 g/mol. The van der Waals surface area contributed by atoms with E-state index < -0.39 is 0 Å². The molecule has 0 unspecified atom stereocenters. The van der Waals surface area contributed by atoms with Crippen LogP contribution in [0.3, 0.4) is 0 Å². The van der Waals surface area contributed by atoms with Gasteiger partial charge in [0.2, 0.25) is 0 Å². The Balaban J connectivity index is 1.71. The van der Waals surface area contributed by atoms with Gasteiger partial charge in [0.25, 0.3) is 5.56 Å². The van der Waals surface area contributed by atoms with Crippen molar-refractivity contribution in [2.24, 2.45) is 4.99 Å². The SMILES string of the molecule is O=c1/c(=C\c2ccccc2)sc2n1CN(c1ccc(Cl)cc1)CN=2. The van der Waals surface area contributed by atoms with Crippen LogP contribution in [0.25, 0.3) is 6.08 Å². The van der Waals surface area contributed by atoms with Gasteiger partial charge in [-0.05, 0) is 35.9 Å². The Morgan fingerprint density at radius 3 is 2.58 bits per heavy atom. The van der Waals surface area contributed by atoms with Crippen molar-refractivity contribution in [1.29, 1.82) is 0 Å². The molecule has 120 valence electrons. The van der Waals surface area contributed by atoms with Crippen LogP contribution in [0.4, 0.5) is 5.69 Å². The van der Waals surface area contributed by atoms with E-state index in [0.29, 0.717) is 22.9 Å². The molecular formula is C18H14ClN3OS. The predicted octanol–water partition coefficient (Wildman–Crippen LogP) is 2.45. The van der Waals surface area contributed by atoms with Gasteiger partial charge in [-0.3, -0.25) is 9.36 Å². The maximum atomic E-state index is 12.7. The van der Waals surface area contributed by atoms with Gasteiger partial charge in [0.15, 0.2) is 4.80 Å². The Bertz CT molecular complexity index is 1040. The van der Waals surface area contributed by atoms with E-state index in [9.17, 15) is 4.79 Å². The summed E-state index contributed by atoms with van der Waals surface area (Å²) in [5.41, 5.74) is 2.02. The molecule has 0 fully saturated rings. The summed E-state index contributed by atoms with van der Waals surface area (Å²) in [7, 11) is 0. The number of halogens is 1. The molecule has 0 spiro atoms. The summed E-state index contributed by atoms with van der Waals surface area (Å²) in [6.07, 6.45) is 1.92. The average molecular weight is 356 g/mol. The van der Waals surface area contributed by atoms with Gasteiger partial charge in [0, 0.05) is 10.7 Å². The van der Waals surface area contributed by atoms with Crippen molar-refractivity contribution < 1.29 is 0 Å². The first-order valence-electron chi connectivity index (χ1n) is 7.52. The second kappa shape index (κ2) is 6.26. The van der Waals surface area contributed by atoms with Crippen molar-refractivity contribution in [1.82, 2.24) is 4.57 Å². The molecule has 1 aliphatic heterocycles. The topological polar surface area (TPSA) is 37.6 Å². The summed E-state index contributed by atoms with van der Waals surface area (Å²) in [6, 6.07) is 17.4. The molecule has 2 heterocycles. The van der Waals surface area contributed by atoms with E-state index in [1.165, 1.54) is 11.3 Å². The zero-order valence-corrected chi connectivity index (χ0v) is 14.3. The molecule has 6 heteroatoms. The molecule has 0 bridgehead atoms. The van der Waals surface area contributed by atoms with Gasteiger partial charge in [-0.2, -0.15) is 0 Å². The van der Waals surface area contributed by atoms with E-state index in [-0.39, 0.29) is 5.56 Å². The summed E-state index contributed by atoms with van der Waals surface area (Å²) in [4.78, 5) is 20.1. The number of benzene rings is 2. The first-order valence-corrected chi connectivity index (χ1v) is 8.71. The highest BCUT2D eigenvalue weighted by Crippen LogP contribution is 2.18. The summed E-state index contributed by atoms with van der Waals surface area (Å²) in [5, 5.41) is 0.695. The number of fused-ring (bicyclic) bond motifs is 1. The highest BCUT2D eigenvalue weighted by Gasteiger charge is 2.15. The molecule has 1 aliphatic rings. The van der Waals surface area contributed by atoms with E-state index >= 15 is 0 Å². The van der Waals surface area contributed by atoms with Crippen molar-refractivity contribution in [3.8, 4) is 0 Å². The maximum Gasteiger partial charge on any atom is 0.271 e. The molecule has 0 radical (unpaired) electrons. The minimum absolute atomic E-state index is 0.00117. The molecule has 24 heavy (non-hydrogen) atoms. The zero-order valence-electron chi connectivity index (χ0n) is 12.7. The van der Waals surface area contributed by atoms with Crippen LogP contribution in [0, 0.1) is 0 Å². The number of anilines is 1. The fourth-order valence-corrected chi connectivity index (χ4v) is 3.72. The fraction of sp³-hybridized carbons (Fsp3) is 0.111. The van der Waals surface area contributed by atoms with Crippen molar-refractivity contribution in [3.05, 3.63) is 84.9 Å². The third kappa shape index (κ3) is 2.88. The normalized spacial score (nSPS) is 14.4. The Labute approximate surface area is 147 Å². The highest BCUT2D eigenvalue weighted by atomic mass is 35.5. The molecule has 0 N–H and O–H groups in total. The van der Waals surface area contributed by atoms with Gasteiger partial charge >= 0.3 is 0 Å². The van der Waals surface area contributed by atoms with Crippen LogP contribution < -0.4 is 19.8 Å². The Morgan fingerprint density at radius 2 is 1.83 bits per heavy atom. The van der Waals surface area contributed by atoms with Gasteiger partial charge in [0.05, 0.1) is 4.53 Å². The minimum Gasteiger partial charge on any atom is -0.334 e. The second-order valence-electron chi connectivity index (χ2n) is 5.49. The summed E-state index contributed by atoms with van der Waals surface area (Å²) in [5.74, 6) is 0. The first-order chi connectivity index (χ1) is 11.7. The van der Waals surface area contributed by atoms with Crippen LogP contribution in [0.2, 0.25) is 5.02 Å². The number of thiazole rings is 1. The average Bonchev–Trinajstić information content (AvgIpc) is 2.92. The van der Waals surface area contributed by atoms with Gasteiger partial charge < -0.3 is 4.90 Å². The van der Waals surface area contributed by atoms with Crippen LogP contribution >= 0.6 is 22.9 Å². The lowest BCUT2D eigenvalue weighted by atomic mass is 10.2. The van der Waals surface area contributed by atoms with Crippen LogP contribution in [-0.4, -0.2) is 11.2 Å². The first kappa shape index (κ1) is 15.2. The number of aromatic nitrogens is 1. The molecule has 3 aromatic rings. The standard InChI is InChI=1S/C18H14ClN3OS/c19-14-6-8-15(9-7-14)21-11-20-18-22(12-21)17(23)16(24-18)10-13-4-2-1-3-5-13/h1-10H,11-12H2/b16-10+. The molecule has 0 atom stereocenters. The summed E-state index contributed by atoms with van der Waals surface area (Å²) >= 11 is 7.37. The second-order valence-corrected chi connectivity index (χ2v) is 6.94. The minimum atomic E-state index is 0.00117. The van der Waals surface area contributed by atoms with E-state index in [4.69, 9.17) is 11.6 Å². The molecule has 0 aliphatic carbocycles. The van der Waals surface area contributed by atoms with Crippen molar-refractivity contribution in [2.75, 3.05) is 11.6 Å². The lowest BCUT2D eigenvalue weighted by Crippen LogP contribution is -2.42. The third-order valence-corrected chi connectivity index (χ3v) is 5.16. The van der Waals surface area contributed by atoms with Crippen LogP contribution in [0.15, 0.2) is 64.4 Å². The zero-order chi connectivity index (χ0) is 16.5. The van der Waals surface area contributed by atoms with Crippen molar-refractivity contribution >= 4 is 34.7 Å². The predicted molar refractivity (Wildman–Crippen MR) is 98.2 cm³/mol. The lowest BCUT2D eigenvalue weighted by molar-refractivity contribution is 0.569. The molecule has 0 saturated heterocycles. The van der Waals surface area contributed by atoms with E-state index in [1.54, 1.807) is 4.57 Å². The molecule has 2 aromatic carbocycles. The van der Waals surface area contributed by atoms with Gasteiger partial charge in [-0.25, -0.2) is 4.99 Å². The number of rotatable bonds is 2. The van der Waals surface area contributed by atoms with E-state index in [1.807, 2.05) is 65.6 Å². The van der Waals surface area contributed by atoms with Crippen LogP contribution in [0.1, 0.15) is 5.56 Å². The Hall–Kier alpha value is -2.37. The lowest BCUT2D eigenvalue weighted by Gasteiger charge is -2.25. The Kier molecular flexibility index (Phi) is 3.96. The molecule has 4 rings (SSSR count).